The lowest BCUT2D eigenvalue weighted by Gasteiger charge is -2.26. The molecule has 1 aliphatic rings. The van der Waals surface area contributed by atoms with Crippen molar-refractivity contribution in [1.29, 1.82) is 0 Å². The predicted octanol–water partition coefficient (Wildman–Crippen LogP) is -1.67. The molecular formula is C24H25Cl2N5O-2. The van der Waals surface area contributed by atoms with Gasteiger partial charge in [-0.15, -0.1) is 0 Å². The van der Waals surface area contributed by atoms with Crippen molar-refractivity contribution in [1.82, 2.24) is 24.5 Å². The first-order valence-corrected chi connectivity index (χ1v) is 10.6. The lowest BCUT2D eigenvalue weighted by Crippen LogP contribution is -3.00. The second-order valence-electron chi connectivity index (χ2n) is 7.68. The summed E-state index contributed by atoms with van der Waals surface area (Å²) in [5.41, 5.74) is 5.01. The molecule has 3 aromatic heterocycles. The molecule has 4 heterocycles. The van der Waals surface area contributed by atoms with Gasteiger partial charge in [0.1, 0.15) is 12.4 Å². The monoisotopic (exact) mass is 469 g/mol. The maximum absolute atomic E-state index is 5.94. The molecule has 4 aromatic rings. The van der Waals surface area contributed by atoms with Crippen molar-refractivity contribution >= 4 is 5.65 Å². The normalized spacial score (nSPS) is 13.9. The van der Waals surface area contributed by atoms with E-state index in [4.69, 9.17) is 4.74 Å². The van der Waals surface area contributed by atoms with E-state index in [1.165, 1.54) is 32.4 Å². The van der Waals surface area contributed by atoms with E-state index in [0.29, 0.717) is 0 Å². The molecule has 0 N–H and O–H groups in total. The molecule has 0 radical (unpaired) electrons. The summed E-state index contributed by atoms with van der Waals surface area (Å²) in [6, 6.07) is 12.1. The van der Waals surface area contributed by atoms with Crippen molar-refractivity contribution in [2.75, 3.05) is 26.2 Å². The van der Waals surface area contributed by atoms with Crippen molar-refractivity contribution < 1.29 is 29.6 Å². The van der Waals surface area contributed by atoms with Gasteiger partial charge in [-0.05, 0) is 61.3 Å². The quantitative estimate of drug-likeness (QED) is 0.338. The Bertz CT molecular complexity index is 1110. The van der Waals surface area contributed by atoms with E-state index in [2.05, 4.69) is 32.1 Å². The smallest absolute Gasteiger partial charge is 0.162 e. The molecule has 0 unspecified atom stereocenters. The molecule has 1 fully saturated rings. The number of pyridine rings is 1. The predicted molar refractivity (Wildman–Crippen MR) is 117 cm³/mol. The summed E-state index contributed by atoms with van der Waals surface area (Å²) in [6.45, 7) is 4.14. The Labute approximate surface area is 200 Å². The van der Waals surface area contributed by atoms with Crippen LogP contribution in [0.4, 0.5) is 0 Å². The molecule has 6 nitrogen and oxygen atoms in total. The Morgan fingerprint density at radius 1 is 0.812 bits per heavy atom. The SMILES string of the molecule is [Cl-].[Cl-].c1cc(-c2cnn3cc(-c4ccc(OCCN5CCCCC5)cc4)cnc23)ccn1. The lowest BCUT2D eigenvalue weighted by atomic mass is 10.1. The van der Waals surface area contributed by atoms with Crippen LogP contribution in [0.2, 0.25) is 0 Å². The van der Waals surface area contributed by atoms with E-state index in [1.54, 1.807) is 12.4 Å². The van der Waals surface area contributed by atoms with Crippen LogP contribution in [0.5, 0.6) is 5.75 Å². The van der Waals surface area contributed by atoms with E-state index < -0.39 is 0 Å². The summed E-state index contributed by atoms with van der Waals surface area (Å²) in [4.78, 5) is 11.2. The van der Waals surface area contributed by atoms with Gasteiger partial charge in [-0.25, -0.2) is 9.50 Å². The van der Waals surface area contributed by atoms with Gasteiger partial charge >= 0.3 is 0 Å². The lowest BCUT2D eigenvalue weighted by molar-refractivity contribution is -0.001000. The zero-order valence-corrected chi connectivity index (χ0v) is 19.2. The Kier molecular flexibility index (Phi) is 8.45. The highest BCUT2D eigenvalue weighted by molar-refractivity contribution is 5.77. The Morgan fingerprint density at radius 3 is 2.31 bits per heavy atom. The van der Waals surface area contributed by atoms with Crippen LogP contribution in [0.1, 0.15) is 19.3 Å². The van der Waals surface area contributed by atoms with E-state index in [1.807, 2.05) is 47.4 Å². The average molecular weight is 470 g/mol. The molecule has 1 saturated heterocycles. The van der Waals surface area contributed by atoms with Gasteiger partial charge in [0, 0.05) is 42.5 Å². The number of ether oxygens (including phenoxy) is 1. The van der Waals surface area contributed by atoms with Crippen LogP contribution in [0.25, 0.3) is 27.9 Å². The molecule has 0 saturated carbocycles. The molecule has 0 aliphatic carbocycles. The van der Waals surface area contributed by atoms with Crippen molar-refractivity contribution in [3.05, 3.63) is 67.4 Å². The number of likely N-dealkylation sites (tertiary alicyclic amines) is 1. The van der Waals surface area contributed by atoms with E-state index >= 15 is 0 Å². The van der Waals surface area contributed by atoms with Gasteiger partial charge in [0.05, 0.1) is 6.20 Å². The third kappa shape index (κ3) is 5.38. The zero-order chi connectivity index (χ0) is 20.2. The number of benzene rings is 1. The molecule has 1 aromatic carbocycles. The number of fused-ring (bicyclic) bond motifs is 1. The summed E-state index contributed by atoms with van der Waals surface area (Å²) in [7, 11) is 0. The van der Waals surface area contributed by atoms with E-state index in [-0.39, 0.29) is 24.8 Å². The highest BCUT2D eigenvalue weighted by Gasteiger charge is 2.11. The summed E-state index contributed by atoms with van der Waals surface area (Å²) in [6.07, 6.45) is 13.3. The molecule has 1 aliphatic heterocycles. The first-order valence-electron chi connectivity index (χ1n) is 10.6. The van der Waals surface area contributed by atoms with Crippen LogP contribution in [0.3, 0.4) is 0 Å². The van der Waals surface area contributed by atoms with Crippen LogP contribution >= 0.6 is 0 Å². The van der Waals surface area contributed by atoms with Crippen LogP contribution < -0.4 is 29.6 Å². The Balaban J connectivity index is 0.00000144. The highest BCUT2D eigenvalue weighted by atomic mass is 35.5. The van der Waals surface area contributed by atoms with Gasteiger partial charge in [0.15, 0.2) is 5.65 Å². The number of rotatable bonds is 6. The zero-order valence-electron chi connectivity index (χ0n) is 17.7. The third-order valence-corrected chi connectivity index (χ3v) is 5.66. The molecule has 0 spiro atoms. The molecule has 0 amide bonds. The van der Waals surface area contributed by atoms with Gasteiger partial charge in [0.25, 0.3) is 0 Å². The van der Waals surface area contributed by atoms with Crippen molar-refractivity contribution in [3.8, 4) is 28.0 Å². The maximum atomic E-state index is 5.94. The summed E-state index contributed by atoms with van der Waals surface area (Å²) >= 11 is 0. The molecule has 8 heteroatoms. The minimum atomic E-state index is 0. The third-order valence-electron chi connectivity index (χ3n) is 5.66. The van der Waals surface area contributed by atoms with Crippen molar-refractivity contribution in [2.24, 2.45) is 0 Å². The minimum absolute atomic E-state index is 0. The fraction of sp³-hybridized carbons (Fsp3) is 0.292. The molecule has 32 heavy (non-hydrogen) atoms. The number of halogens is 2. The summed E-state index contributed by atoms with van der Waals surface area (Å²) in [5, 5.41) is 4.49. The van der Waals surface area contributed by atoms with Crippen LogP contribution in [0, 0.1) is 0 Å². The number of hydrogen-bond donors (Lipinski definition) is 0. The number of piperidine rings is 1. The topological polar surface area (TPSA) is 55.6 Å². The molecular weight excluding hydrogens is 445 g/mol. The average Bonchev–Trinajstić information content (AvgIpc) is 3.24. The molecule has 168 valence electrons. The van der Waals surface area contributed by atoms with Crippen LogP contribution in [-0.4, -0.2) is 50.7 Å². The second-order valence-corrected chi connectivity index (χ2v) is 7.68. The van der Waals surface area contributed by atoms with Gasteiger partial charge in [0.2, 0.25) is 0 Å². The van der Waals surface area contributed by atoms with Crippen molar-refractivity contribution in [2.45, 2.75) is 19.3 Å². The van der Waals surface area contributed by atoms with Gasteiger partial charge in [-0.1, -0.05) is 18.6 Å². The van der Waals surface area contributed by atoms with Crippen molar-refractivity contribution in [3.63, 3.8) is 0 Å². The highest BCUT2D eigenvalue weighted by Crippen LogP contribution is 2.26. The standard InChI is InChI=1S/C24H25N5O.2ClH/c1-2-12-28(13-3-1)14-15-30-22-6-4-19(5-7-22)21-16-26-24-23(17-27-29(24)18-21)20-8-10-25-11-9-20;;/h4-11,16-18H,1-3,12-15H2;2*1H/p-2. The Morgan fingerprint density at radius 2 is 1.56 bits per heavy atom. The fourth-order valence-electron chi connectivity index (χ4n) is 3.98. The van der Waals surface area contributed by atoms with Gasteiger partial charge in [-0.3, -0.25) is 9.88 Å². The largest absolute Gasteiger partial charge is 1.00 e. The van der Waals surface area contributed by atoms with Gasteiger partial charge in [-0.2, -0.15) is 5.10 Å². The fourth-order valence-corrected chi connectivity index (χ4v) is 3.98. The minimum Gasteiger partial charge on any atom is -1.00 e. The number of aromatic nitrogens is 4. The molecule has 0 bridgehead atoms. The maximum Gasteiger partial charge on any atom is 0.162 e. The van der Waals surface area contributed by atoms with Crippen LogP contribution in [-0.2, 0) is 0 Å². The number of hydrogen-bond acceptors (Lipinski definition) is 5. The summed E-state index contributed by atoms with van der Waals surface area (Å²) in [5.74, 6) is 0.906. The van der Waals surface area contributed by atoms with E-state index in [0.717, 1.165) is 46.8 Å². The van der Waals surface area contributed by atoms with Crippen LogP contribution in [0.15, 0.2) is 67.4 Å². The molecule has 5 rings (SSSR count). The Hall–Kier alpha value is -2.67. The first-order chi connectivity index (χ1) is 14.9. The van der Waals surface area contributed by atoms with E-state index in [9.17, 15) is 0 Å². The molecule has 0 atom stereocenters. The first kappa shape index (κ1) is 24.0. The second kappa shape index (κ2) is 11.3. The van der Waals surface area contributed by atoms with Gasteiger partial charge < -0.3 is 29.6 Å². The summed E-state index contributed by atoms with van der Waals surface area (Å²) < 4.78 is 7.77. The number of nitrogens with zero attached hydrogens (tertiary/aromatic N) is 5.